The van der Waals surface area contributed by atoms with Crippen LogP contribution in [-0.4, -0.2) is 70.3 Å². The van der Waals surface area contributed by atoms with E-state index in [4.69, 9.17) is 9.41 Å². The zero-order valence-corrected chi connectivity index (χ0v) is 19.4. The summed E-state index contributed by atoms with van der Waals surface area (Å²) in [5, 5.41) is 3.37. The molecular weight excluding hydrogens is 495 g/mol. The number of guanidine groups is 1. The number of nitrogens with zero attached hydrogens (tertiary/aromatic N) is 5. The van der Waals surface area contributed by atoms with Crippen molar-refractivity contribution >= 4 is 41.5 Å². The minimum atomic E-state index is -0.0524. The smallest absolute Gasteiger partial charge is 0.289 e. The van der Waals surface area contributed by atoms with Crippen molar-refractivity contribution in [3.63, 3.8) is 0 Å². The fourth-order valence-corrected chi connectivity index (χ4v) is 3.49. The molecule has 4 heterocycles. The molecule has 30 heavy (non-hydrogen) atoms. The Balaban J connectivity index is 0.00000256. The number of pyridine rings is 1. The summed E-state index contributed by atoms with van der Waals surface area (Å²) in [6.07, 6.45) is 6.37. The number of halogens is 1. The molecule has 8 nitrogen and oxygen atoms in total. The first kappa shape index (κ1) is 22.1. The predicted octanol–water partition coefficient (Wildman–Crippen LogP) is 2.51. The lowest BCUT2D eigenvalue weighted by Crippen LogP contribution is -2.53. The van der Waals surface area contributed by atoms with Crippen molar-refractivity contribution in [1.29, 1.82) is 0 Å². The number of furan rings is 1. The van der Waals surface area contributed by atoms with Gasteiger partial charge in [-0.1, -0.05) is 6.07 Å². The van der Waals surface area contributed by atoms with E-state index in [0.717, 1.165) is 43.4 Å². The minimum Gasteiger partial charge on any atom is -0.459 e. The SMILES string of the molecule is CCNC(=NCCc1cn2ccccc2n1)N1CCN(C(=O)c2ccco2)CC1.I. The van der Waals surface area contributed by atoms with Gasteiger partial charge >= 0.3 is 0 Å². The molecule has 1 amide bonds. The highest BCUT2D eigenvalue weighted by molar-refractivity contribution is 14.0. The first-order valence-corrected chi connectivity index (χ1v) is 10.0. The number of carbonyl (C=O) groups is 1. The van der Waals surface area contributed by atoms with E-state index >= 15 is 0 Å². The summed E-state index contributed by atoms with van der Waals surface area (Å²) in [4.78, 5) is 25.9. The molecule has 1 fully saturated rings. The van der Waals surface area contributed by atoms with E-state index in [1.54, 1.807) is 12.1 Å². The number of fused-ring (bicyclic) bond motifs is 1. The number of imidazole rings is 1. The number of aliphatic imine (C=N–C) groups is 1. The Kier molecular flexibility index (Phi) is 7.72. The van der Waals surface area contributed by atoms with E-state index in [-0.39, 0.29) is 29.9 Å². The Labute approximate surface area is 193 Å². The maximum absolute atomic E-state index is 12.4. The fourth-order valence-electron chi connectivity index (χ4n) is 3.49. The number of carbonyl (C=O) groups excluding carboxylic acids is 1. The lowest BCUT2D eigenvalue weighted by molar-refractivity contribution is 0.0657. The van der Waals surface area contributed by atoms with Crippen LogP contribution < -0.4 is 5.32 Å². The Hall–Kier alpha value is -2.56. The van der Waals surface area contributed by atoms with Crippen LogP contribution in [0.4, 0.5) is 0 Å². The number of piperazine rings is 1. The summed E-state index contributed by atoms with van der Waals surface area (Å²) in [5.41, 5.74) is 1.99. The number of hydrogen-bond donors (Lipinski definition) is 1. The van der Waals surface area contributed by atoms with E-state index in [2.05, 4.69) is 28.3 Å². The van der Waals surface area contributed by atoms with Crippen molar-refractivity contribution in [2.24, 2.45) is 4.99 Å². The molecule has 0 unspecified atom stereocenters. The molecule has 0 radical (unpaired) electrons. The fraction of sp³-hybridized carbons (Fsp3) is 0.381. The normalized spacial score (nSPS) is 14.6. The van der Waals surface area contributed by atoms with Gasteiger partial charge in [-0.15, -0.1) is 24.0 Å². The molecule has 0 aliphatic carbocycles. The molecule has 1 N–H and O–H groups in total. The summed E-state index contributed by atoms with van der Waals surface area (Å²) in [6.45, 7) is 6.32. The summed E-state index contributed by atoms with van der Waals surface area (Å²) in [7, 11) is 0. The summed E-state index contributed by atoms with van der Waals surface area (Å²) in [5.74, 6) is 1.23. The van der Waals surface area contributed by atoms with Gasteiger partial charge in [0.15, 0.2) is 11.7 Å². The molecule has 1 saturated heterocycles. The Morgan fingerprint density at radius 2 is 1.97 bits per heavy atom. The summed E-state index contributed by atoms with van der Waals surface area (Å²) >= 11 is 0. The van der Waals surface area contributed by atoms with Gasteiger partial charge in [-0.05, 0) is 31.2 Å². The molecular formula is C21H27IN6O2. The molecule has 0 saturated carbocycles. The van der Waals surface area contributed by atoms with Gasteiger partial charge in [0.1, 0.15) is 5.65 Å². The lowest BCUT2D eigenvalue weighted by Gasteiger charge is -2.36. The monoisotopic (exact) mass is 522 g/mol. The Bertz CT molecular complexity index is 943. The van der Waals surface area contributed by atoms with Gasteiger partial charge < -0.3 is 23.9 Å². The summed E-state index contributed by atoms with van der Waals surface area (Å²) < 4.78 is 7.26. The first-order chi connectivity index (χ1) is 14.2. The average Bonchev–Trinajstić information content (AvgIpc) is 3.42. The lowest BCUT2D eigenvalue weighted by atomic mass is 10.3. The van der Waals surface area contributed by atoms with Crippen molar-refractivity contribution in [2.45, 2.75) is 13.3 Å². The molecule has 0 bridgehead atoms. The van der Waals surface area contributed by atoms with Gasteiger partial charge in [-0.25, -0.2) is 4.98 Å². The minimum absolute atomic E-state index is 0. The van der Waals surface area contributed by atoms with Crippen LogP contribution in [0.15, 0.2) is 58.4 Å². The first-order valence-electron chi connectivity index (χ1n) is 10.0. The van der Waals surface area contributed by atoms with Gasteiger partial charge in [-0.2, -0.15) is 0 Å². The van der Waals surface area contributed by atoms with Crippen LogP contribution in [0, 0.1) is 0 Å². The van der Waals surface area contributed by atoms with Gasteiger partial charge in [0.05, 0.1) is 12.0 Å². The average molecular weight is 522 g/mol. The third-order valence-electron chi connectivity index (χ3n) is 4.98. The van der Waals surface area contributed by atoms with Crippen LogP contribution in [0.25, 0.3) is 5.65 Å². The summed E-state index contributed by atoms with van der Waals surface area (Å²) in [6, 6.07) is 9.43. The van der Waals surface area contributed by atoms with Crippen molar-refractivity contribution in [1.82, 2.24) is 24.5 Å². The number of rotatable bonds is 5. The third-order valence-corrected chi connectivity index (χ3v) is 4.98. The second-order valence-electron chi connectivity index (χ2n) is 6.94. The number of aromatic nitrogens is 2. The second kappa shape index (κ2) is 10.5. The van der Waals surface area contributed by atoms with Crippen LogP contribution in [0.2, 0.25) is 0 Å². The molecule has 0 atom stereocenters. The van der Waals surface area contributed by atoms with Crippen molar-refractivity contribution < 1.29 is 9.21 Å². The highest BCUT2D eigenvalue weighted by Gasteiger charge is 2.25. The molecule has 1 aliphatic heterocycles. The molecule has 1 aliphatic rings. The molecule has 0 aromatic carbocycles. The van der Waals surface area contributed by atoms with Crippen molar-refractivity contribution in [3.05, 3.63) is 60.4 Å². The highest BCUT2D eigenvalue weighted by atomic mass is 127. The van der Waals surface area contributed by atoms with Crippen LogP contribution in [0.1, 0.15) is 23.2 Å². The van der Waals surface area contributed by atoms with Crippen LogP contribution in [-0.2, 0) is 6.42 Å². The number of amides is 1. The maximum Gasteiger partial charge on any atom is 0.289 e. The van der Waals surface area contributed by atoms with Gasteiger partial charge in [0, 0.05) is 58.1 Å². The van der Waals surface area contributed by atoms with E-state index in [1.165, 1.54) is 6.26 Å². The third kappa shape index (κ3) is 5.13. The number of hydrogen-bond acceptors (Lipinski definition) is 4. The maximum atomic E-state index is 12.4. The van der Waals surface area contributed by atoms with E-state index in [1.807, 2.05) is 33.7 Å². The number of nitrogens with one attached hydrogen (secondary N) is 1. The van der Waals surface area contributed by atoms with Crippen LogP contribution in [0.5, 0.6) is 0 Å². The van der Waals surface area contributed by atoms with E-state index in [0.29, 0.717) is 25.4 Å². The zero-order valence-electron chi connectivity index (χ0n) is 17.0. The second-order valence-corrected chi connectivity index (χ2v) is 6.94. The molecule has 9 heteroatoms. The van der Waals surface area contributed by atoms with Gasteiger partial charge in [0.25, 0.3) is 5.91 Å². The standard InChI is InChI=1S/C21H26N6O2.HI/c1-2-22-21(23-9-8-17-16-27-10-4-3-7-19(27)24-17)26-13-11-25(12-14-26)20(28)18-6-5-15-29-18;/h3-7,10,15-16H,2,8-9,11-14H2,1H3,(H,22,23);1H. The Morgan fingerprint density at radius 3 is 2.67 bits per heavy atom. The molecule has 3 aromatic heterocycles. The van der Waals surface area contributed by atoms with Crippen LogP contribution in [0.3, 0.4) is 0 Å². The van der Waals surface area contributed by atoms with Gasteiger partial charge in [-0.3, -0.25) is 9.79 Å². The van der Waals surface area contributed by atoms with Crippen molar-refractivity contribution in [3.8, 4) is 0 Å². The topological polar surface area (TPSA) is 78.4 Å². The van der Waals surface area contributed by atoms with Crippen molar-refractivity contribution in [2.75, 3.05) is 39.3 Å². The molecule has 160 valence electrons. The molecule has 0 spiro atoms. The highest BCUT2D eigenvalue weighted by Crippen LogP contribution is 2.10. The van der Waals surface area contributed by atoms with E-state index in [9.17, 15) is 4.79 Å². The molecule has 3 aromatic rings. The van der Waals surface area contributed by atoms with Gasteiger partial charge in [0.2, 0.25) is 0 Å². The van der Waals surface area contributed by atoms with Crippen LogP contribution >= 0.6 is 24.0 Å². The predicted molar refractivity (Wildman–Crippen MR) is 126 cm³/mol. The quantitative estimate of drug-likeness (QED) is 0.317. The zero-order chi connectivity index (χ0) is 20.1. The largest absolute Gasteiger partial charge is 0.459 e. The molecule has 4 rings (SSSR count). The Morgan fingerprint density at radius 1 is 1.17 bits per heavy atom. The van der Waals surface area contributed by atoms with E-state index < -0.39 is 0 Å².